The molecule has 1 aliphatic rings. The first kappa shape index (κ1) is 12.4. The lowest BCUT2D eigenvalue weighted by molar-refractivity contribution is 0.537. The van der Waals surface area contributed by atoms with E-state index in [0.29, 0.717) is 17.6 Å². The number of hydrogen-bond acceptors (Lipinski definition) is 3. The van der Waals surface area contributed by atoms with Crippen molar-refractivity contribution in [1.29, 1.82) is 0 Å². The van der Waals surface area contributed by atoms with Crippen LogP contribution in [0.2, 0.25) is 0 Å². The maximum Gasteiger partial charge on any atom is 0.161 e. The van der Waals surface area contributed by atoms with Crippen LogP contribution in [0.5, 0.6) is 0 Å². The van der Waals surface area contributed by atoms with E-state index >= 15 is 0 Å². The molecule has 0 fully saturated rings. The van der Waals surface area contributed by atoms with E-state index in [2.05, 4.69) is 24.2 Å². The molecule has 1 aliphatic heterocycles. The number of halogens is 1. The highest BCUT2D eigenvalue weighted by Crippen LogP contribution is 2.25. The molecule has 0 saturated carbocycles. The molecule has 92 valence electrons. The minimum Gasteiger partial charge on any atom is -0.333 e. The van der Waals surface area contributed by atoms with Crippen LogP contribution in [0.25, 0.3) is 0 Å². The highest BCUT2D eigenvalue weighted by Gasteiger charge is 2.19. The van der Waals surface area contributed by atoms with E-state index in [0.717, 1.165) is 16.5 Å². The van der Waals surface area contributed by atoms with Crippen molar-refractivity contribution < 1.29 is 4.39 Å². The minimum atomic E-state index is -0.223. The smallest absolute Gasteiger partial charge is 0.161 e. The predicted molar refractivity (Wildman–Crippen MR) is 73.3 cm³/mol. The fraction of sp³-hybridized carbons (Fsp3) is 0.462. The van der Waals surface area contributed by atoms with Crippen LogP contribution in [0.15, 0.2) is 23.2 Å². The average molecular weight is 252 g/mol. The first-order valence-corrected chi connectivity index (χ1v) is 6.78. The molecule has 0 radical (unpaired) electrons. The van der Waals surface area contributed by atoms with E-state index in [9.17, 15) is 4.39 Å². The molecule has 0 bridgehead atoms. The van der Waals surface area contributed by atoms with Crippen molar-refractivity contribution in [1.82, 2.24) is 0 Å². The summed E-state index contributed by atoms with van der Waals surface area (Å²) in [6, 6.07) is 5.48. The van der Waals surface area contributed by atoms with Gasteiger partial charge in [-0.15, -0.1) is 0 Å². The number of nitrogens with zero attached hydrogens (tertiary/aromatic N) is 1. The largest absolute Gasteiger partial charge is 0.333 e. The van der Waals surface area contributed by atoms with Crippen LogP contribution in [0, 0.1) is 18.7 Å². The number of nitrogens with one attached hydrogen (secondary N) is 1. The van der Waals surface area contributed by atoms with Gasteiger partial charge in [-0.05, 0) is 37.5 Å². The van der Waals surface area contributed by atoms with E-state index in [-0.39, 0.29) is 5.82 Å². The lowest BCUT2D eigenvalue weighted by Crippen LogP contribution is -2.25. The molecule has 2 nitrogen and oxygen atoms in total. The summed E-state index contributed by atoms with van der Waals surface area (Å²) in [5, 5.41) is 3.88. The molecule has 0 amide bonds. The summed E-state index contributed by atoms with van der Waals surface area (Å²) in [5.41, 5.74) is 1.43. The molecule has 1 aromatic rings. The highest BCUT2D eigenvalue weighted by molar-refractivity contribution is 8.14. The van der Waals surface area contributed by atoms with Crippen LogP contribution in [-0.4, -0.2) is 17.0 Å². The molecule has 0 saturated heterocycles. The Hall–Kier alpha value is -1.03. The van der Waals surface area contributed by atoms with Gasteiger partial charge in [0.15, 0.2) is 5.17 Å². The molecule has 0 aromatic heterocycles. The quantitative estimate of drug-likeness (QED) is 0.824. The van der Waals surface area contributed by atoms with Crippen LogP contribution >= 0.6 is 11.8 Å². The Labute approximate surface area is 106 Å². The van der Waals surface area contributed by atoms with E-state index in [1.54, 1.807) is 17.8 Å². The van der Waals surface area contributed by atoms with Gasteiger partial charge in [0.2, 0.25) is 0 Å². The van der Waals surface area contributed by atoms with Gasteiger partial charge >= 0.3 is 0 Å². The SMILES string of the molecule is Cc1ccc(NC2=NC(C)C(C)CS2)c(F)c1. The number of amidine groups is 1. The third-order valence-electron chi connectivity index (χ3n) is 2.99. The standard InChI is InChI=1S/C13H17FN2S/c1-8-4-5-12(11(14)6-8)16-13-15-10(3)9(2)7-17-13/h4-6,9-10H,7H2,1-3H3,(H,15,16). The normalized spacial score (nSPS) is 24.4. The molecular formula is C13H17FN2S. The highest BCUT2D eigenvalue weighted by atomic mass is 32.2. The maximum atomic E-state index is 13.7. The molecule has 2 atom stereocenters. The molecule has 2 rings (SSSR count). The first-order valence-electron chi connectivity index (χ1n) is 5.80. The summed E-state index contributed by atoms with van der Waals surface area (Å²) in [4.78, 5) is 4.52. The summed E-state index contributed by atoms with van der Waals surface area (Å²) in [5.74, 6) is 1.38. The number of rotatable bonds is 1. The lowest BCUT2D eigenvalue weighted by Gasteiger charge is -2.23. The second-order valence-corrected chi connectivity index (χ2v) is 5.58. The van der Waals surface area contributed by atoms with Crippen LogP contribution in [0.3, 0.4) is 0 Å². The Balaban J connectivity index is 2.13. The Morgan fingerprint density at radius 1 is 1.41 bits per heavy atom. The molecule has 1 N–H and O–H groups in total. The third-order valence-corrected chi connectivity index (χ3v) is 4.17. The maximum absolute atomic E-state index is 13.7. The Bertz CT molecular complexity index is 445. The Morgan fingerprint density at radius 3 is 2.82 bits per heavy atom. The van der Waals surface area contributed by atoms with Crippen molar-refractivity contribution in [2.45, 2.75) is 26.8 Å². The molecular weight excluding hydrogens is 235 g/mol. The van der Waals surface area contributed by atoms with Crippen molar-refractivity contribution >= 4 is 22.6 Å². The summed E-state index contributed by atoms with van der Waals surface area (Å²) in [6.07, 6.45) is 0. The number of thioether (sulfide) groups is 1. The number of benzene rings is 1. The lowest BCUT2D eigenvalue weighted by atomic mass is 10.1. The molecule has 17 heavy (non-hydrogen) atoms. The van der Waals surface area contributed by atoms with Crippen molar-refractivity contribution in [3.05, 3.63) is 29.6 Å². The molecule has 1 aromatic carbocycles. The predicted octanol–water partition coefficient (Wildman–Crippen LogP) is 3.67. The van der Waals surface area contributed by atoms with Crippen LogP contribution < -0.4 is 5.32 Å². The van der Waals surface area contributed by atoms with Gasteiger partial charge in [-0.25, -0.2) is 4.39 Å². The fourth-order valence-electron chi connectivity index (χ4n) is 1.60. The summed E-state index contributed by atoms with van der Waals surface area (Å²) < 4.78 is 13.7. The monoisotopic (exact) mass is 252 g/mol. The number of aliphatic imine (C=N–C) groups is 1. The van der Waals surface area contributed by atoms with Crippen molar-refractivity contribution in [2.24, 2.45) is 10.9 Å². The van der Waals surface area contributed by atoms with Crippen molar-refractivity contribution in [2.75, 3.05) is 11.1 Å². The van der Waals surface area contributed by atoms with Gasteiger partial charge in [-0.1, -0.05) is 24.8 Å². The van der Waals surface area contributed by atoms with Crippen molar-refractivity contribution in [3.63, 3.8) is 0 Å². The molecule has 0 aliphatic carbocycles. The molecule has 1 heterocycles. The first-order chi connectivity index (χ1) is 8.06. The second kappa shape index (κ2) is 5.08. The van der Waals surface area contributed by atoms with Crippen LogP contribution in [0.4, 0.5) is 10.1 Å². The van der Waals surface area contributed by atoms with Gasteiger partial charge in [0.25, 0.3) is 0 Å². The molecule has 2 unspecified atom stereocenters. The topological polar surface area (TPSA) is 24.4 Å². The van der Waals surface area contributed by atoms with Crippen LogP contribution in [-0.2, 0) is 0 Å². The molecule has 0 spiro atoms. The zero-order valence-corrected chi connectivity index (χ0v) is 11.1. The van der Waals surface area contributed by atoms with Gasteiger partial charge in [-0.2, -0.15) is 0 Å². The molecule has 4 heteroatoms. The Morgan fingerprint density at radius 2 is 2.18 bits per heavy atom. The number of aryl methyl sites for hydroxylation is 1. The van der Waals surface area contributed by atoms with Gasteiger partial charge in [0, 0.05) is 5.75 Å². The number of hydrogen-bond donors (Lipinski definition) is 1. The van der Waals surface area contributed by atoms with E-state index in [1.165, 1.54) is 6.07 Å². The number of anilines is 1. The zero-order valence-electron chi connectivity index (χ0n) is 10.3. The van der Waals surface area contributed by atoms with Gasteiger partial charge in [0.05, 0.1) is 11.7 Å². The fourth-order valence-corrected chi connectivity index (χ4v) is 2.73. The third kappa shape index (κ3) is 3.00. The van der Waals surface area contributed by atoms with E-state index in [1.807, 2.05) is 13.0 Å². The average Bonchev–Trinajstić information content (AvgIpc) is 2.27. The Kier molecular flexibility index (Phi) is 3.72. The van der Waals surface area contributed by atoms with Crippen molar-refractivity contribution in [3.8, 4) is 0 Å². The van der Waals surface area contributed by atoms with Crippen LogP contribution in [0.1, 0.15) is 19.4 Å². The van der Waals surface area contributed by atoms with E-state index in [4.69, 9.17) is 0 Å². The summed E-state index contributed by atoms with van der Waals surface area (Å²) in [6.45, 7) is 6.16. The van der Waals surface area contributed by atoms with Gasteiger partial charge in [-0.3, -0.25) is 4.99 Å². The van der Waals surface area contributed by atoms with Gasteiger partial charge in [0.1, 0.15) is 5.82 Å². The summed E-state index contributed by atoms with van der Waals surface area (Å²) >= 11 is 1.66. The summed E-state index contributed by atoms with van der Waals surface area (Å²) in [7, 11) is 0. The van der Waals surface area contributed by atoms with Gasteiger partial charge < -0.3 is 5.32 Å². The second-order valence-electron chi connectivity index (χ2n) is 4.57. The minimum absolute atomic E-state index is 0.223. The van der Waals surface area contributed by atoms with E-state index < -0.39 is 0 Å². The zero-order chi connectivity index (χ0) is 12.4.